The molecular formula is C29H27ClN2O3S. The minimum Gasteiger partial charge on any atom is -0.346 e. The van der Waals surface area contributed by atoms with Gasteiger partial charge >= 0.3 is 0 Å². The SMILES string of the molecule is Cc1ccc(S(=O)(=O)N(Cc2ccc(C(=O)N[C@H](C)c3ccccc3)cc2)c2cccc(Cl)c2)cc1. The van der Waals surface area contributed by atoms with Gasteiger partial charge in [0.2, 0.25) is 0 Å². The van der Waals surface area contributed by atoms with Crippen LogP contribution >= 0.6 is 11.6 Å². The Morgan fingerprint density at radius 3 is 2.19 bits per heavy atom. The molecule has 4 rings (SSSR count). The van der Waals surface area contributed by atoms with Gasteiger partial charge in [-0.3, -0.25) is 9.10 Å². The van der Waals surface area contributed by atoms with Crippen molar-refractivity contribution in [3.63, 3.8) is 0 Å². The molecule has 1 amide bonds. The Bertz CT molecular complexity index is 1440. The van der Waals surface area contributed by atoms with Crippen LogP contribution in [0.3, 0.4) is 0 Å². The summed E-state index contributed by atoms with van der Waals surface area (Å²) in [6, 6.07) is 30.0. The van der Waals surface area contributed by atoms with E-state index in [1.807, 2.05) is 44.2 Å². The Kier molecular flexibility index (Phi) is 7.77. The average Bonchev–Trinajstić information content (AvgIpc) is 2.88. The topological polar surface area (TPSA) is 66.5 Å². The maximum Gasteiger partial charge on any atom is 0.264 e. The Labute approximate surface area is 217 Å². The maximum atomic E-state index is 13.6. The molecule has 0 spiro atoms. The fourth-order valence-corrected chi connectivity index (χ4v) is 5.45. The summed E-state index contributed by atoms with van der Waals surface area (Å²) in [5, 5.41) is 3.44. The van der Waals surface area contributed by atoms with Gasteiger partial charge in [-0.25, -0.2) is 8.42 Å². The number of sulfonamides is 1. The first-order chi connectivity index (χ1) is 17.2. The zero-order chi connectivity index (χ0) is 25.7. The summed E-state index contributed by atoms with van der Waals surface area (Å²) in [5.74, 6) is -0.197. The number of halogens is 1. The lowest BCUT2D eigenvalue weighted by molar-refractivity contribution is 0.0940. The van der Waals surface area contributed by atoms with Crippen LogP contribution in [0.15, 0.2) is 108 Å². The van der Waals surface area contributed by atoms with Crippen LogP contribution in [-0.4, -0.2) is 14.3 Å². The number of nitrogens with one attached hydrogen (secondary N) is 1. The van der Waals surface area contributed by atoms with Crippen molar-refractivity contribution in [2.75, 3.05) is 4.31 Å². The minimum atomic E-state index is -3.86. The summed E-state index contributed by atoms with van der Waals surface area (Å²) in [7, 11) is -3.86. The van der Waals surface area contributed by atoms with E-state index in [4.69, 9.17) is 11.6 Å². The number of hydrogen-bond donors (Lipinski definition) is 1. The summed E-state index contributed by atoms with van der Waals surface area (Å²) in [6.45, 7) is 3.92. The van der Waals surface area contributed by atoms with Crippen molar-refractivity contribution >= 4 is 33.2 Å². The summed E-state index contributed by atoms with van der Waals surface area (Å²) < 4.78 is 28.5. The van der Waals surface area contributed by atoms with E-state index in [-0.39, 0.29) is 23.4 Å². The molecule has 0 aliphatic carbocycles. The summed E-state index contributed by atoms with van der Waals surface area (Å²) in [4.78, 5) is 13.0. The zero-order valence-electron chi connectivity index (χ0n) is 20.1. The van der Waals surface area contributed by atoms with Crippen LogP contribution in [0.5, 0.6) is 0 Å². The van der Waals surface area contributed by atoms with Gasteiger partial charge < -0.3 is 5.32 Å². The molecule has 0 fully saturated rings. The van der Waals surface area contributed by atoms with E-state index < -0.39 is 10.0 Å². The minimum absolute atomic E-state index is 0.0822. The summed E-state index contributed by atoms with van der Waals surface area (Å²) in [6.07, 6.45) is 0. The average molecular weight is 519 g/mol. The van der Waals surface area contributed by atoms with Gasteiger partial charge in [0.25, 0.3) is 15.9 Å². The first kappa shape index (κ1) is 25.5. The van der Waals surface area contributed by atoms with Crippen molar-refractivity contribution in [3.8, 4) is 0 Å². The summed E-state index contributed by atoms with van der Waals surface area (Å²) in [5.41, 5.74) is 3.68. The van der Waals surface area contributed by atoms with Gasteiger partial charge in [-0.05, 0) is 67.4 Å². The van der Waals surface area contributed by atoms with E-state index in [9.17, 15) is 13.2 Å². The van der Waals surface area contributed by atoms with Crippen molar-refractivity contribution < 1.29 is 13.2 Å². The lowest BCUT2D eigenvalue weighted by Crippen LogP contribution is -2.30. The molecular weight excluding hydrogens is 492 g/mol. The van der Waals surface area contributed by atoms with Crippen molar-refractivity contribution in [2.24, 2.45) is 0 Å². The number of nitrogens with zero attached hydrogens (tertiary/aromatic N) is 1. The van der Waals surface area contributed by atoms with Gasteiger partial charge in [0.15, 0.2) is 0 Å². The fraction of sp³-hybridized carbons (Fsp3) is 0.138. The highest BCUT2D eigenvalue weighted by Crippen LogP contribution is 2.28. The maximum absolute atomic E-state index is 13.6. The Hall–Kier alpha value is -3.61. The lowest BCUT2D eigenvalue weighted by atomic mass is 10.1. The predicted octanol–water partition coefficient (Wildman–Crippen LogP) is 6.53. The zero-order valence-corrected chi connectivity index (χ0v) is 21.6. The number of carbonyl (C=O) groups is 1. The third kappa shape index (κ3) is 5.96. The first-order valence-corrected chi connectivity index (χ1v) is 13.4. The third-order valence-corrected chi connectivity index (χ3v) is 7.92. The number of aryl methyl sites for hydroxylation is 1. The molecule has 0 radical (unpaired) electrons. The molecule has 5 nitrogen and oxygen atoms in total. The van der Waals surface area contributed by atoms with Gasteiger partial charge in [0.05, 0.1) is 23.2 Å². The number of amides is 1. The Balaban J connectivity index is 1.57. The second-order valence-corrected chi connectivity index (χ2v) is 10.9. The monoisotopic (exact) mass is 518 g/mol. The molecule has 0 saturated carbocycles. The van der Waals surface area contributed by atoms with Crippen molar-refractivity contribution in [2.45, 2.75) is 31.3 Å². The number of anilines is 1. The predicted molar refractivity (Wildman–Crippen MR) is 145 cm³/mol. The lowest BCUT2D eigenvalue weighted by Gasteiger charge is -2.25. The molecule has 0 aromatic heterocycles. The first-order valence-electron chi connectivity index (χ1n) is 11.5. The van der Waals surface area contributed by atoms with Crippen LogP contribution < -0.4 is 9.62 Å². The largest absolute Gasteiger partial charge is 0.346 e. The molecule has 0 saturated heterocycles. The fourth-order valence-electron chi connectivity index (χ4n) is 3.82. The normalized spacial score (nSPS) is 12.1. The molecule has 1 N–H and O–H groups in total. The quantitative estimate of drug-likeness (QED) is 0.288. The number of benzene rings is 4. The third-order valence-electron chi connectivity index (χ3n) is 5.89. The Morgan fingerprint density at radius 1 is 0.889 bits per heavy atom. The van der Waals surface area contributed by atoms with E-state index >= 15 is 0 Å². The molecule has 0 aliphatic rings. The van der Waals surface area contributed by atoms with Crippen molar-refractivity contribution in [1.29, 1.82) is 0 Å². The highest BCUT2D eigenvalue weighted by molar-refractivity contribution is 7.92. The van der Waals surface area contributed by atoms with E-state index in [0.29, 0.717) is 16.3 Å². The summed E-state index contributed by atoms with van der Waals surface area (Å²) >= 11 is 6.18. The molecule has 36 heavy (non-hydrogen) atoms. The van der Waals surface area contributed by atoms with Crippen LogP contribution in [0.25, 0.3) is 0 Å². The molecule has 4 aromatic rings. The molecule has 0 bridgehead atoms. The van der Waals surface area contributed by atoms with E-state index in [2.05, 4.69) is 5.32 Å². The van der Waals surface area contributed by atoms with Crippen molar-refractivity contribution in [3.05, 3.63) is 130 Å². The van der Waals surface area contributed by atoms with Crippen LogP contribution in [0, 0.1) is 6.92 Å². The van der Waals surface area contributed by atoms with E-state index in [1.165, 1.54) is 4.31 Å². The highest BCUT2D eigenvalue weighted by atomic mass is 35.5. The van der Waals surface area contributed by atoms with E-state index in [0.717, 1.165) is 16.7 Å². The number of rotatable bonds is 8. The van der Waals surface area contributed by atoms with Crippen LogP contribution in [0.4, 0.5) is 5.69 Å². The van der Waals surface area contributed by atoms with E-state index in [1.54, 1.807) is 72.8 Å². The number of carbonyl (C=O) groups excluding carboxylic acids is 1. The Morgan fingerprint density at radius 2 is 1.56 bits per heavy atom. The highest BCUT2D eigenvalue weighted by Gasteiger charge is 2.25. The van der Waals surface area contributed by atoms with Crippen LogP contribution in [0.1, 0.15) is 40.0 Å². The van der Waals surface area contributed by atoms with Gasteiger partial charge in [-0.2, -0.15) is 0 Å². The van der Waals surface area contributed by atoms with Gasteiger partial charge in [0, 0.05) is 10.6 Å². The molecule has 1 atom stereocenters. The second-order valence-electron chi connectivity index (χ2n) is 8.61. The van der Waals surface area contributed by atoms with Crippen LogP contribution in [-0.2, 0) is 16.6 Å². The van der Waals surface area contributed by atoms with Gasteiger partial charge in [-0.15, -0.1) is 0 Å². The van der Waals surface area contributed by atoms with Gasteiger partial charge in [0.1, 0.15) is 0 Å². The molecule has 0 aliphatic heterocycles. The standard InChI is InChI=1S/C29H27ClN2O3S/c1-21-11-17-28(18-12-21)36(34,35)32(27-10-6-9-26(30)19-27)20-23-13-15-25(16-14-23)29(33)31-22(2)24-7-4-3-5-8-24/h3-19,22H,20H2,1-2H3,(H,31,33)/t22-/m1/s1. The molecule has 184 valence electrons. The second kappa shape index (κ2) is 11.0. The van der Waals surface area contributed by atoms with Gasteiger partial charge in [-0.1, -0.05) is 77.8 Å². The van der Waals surface area contributed by atoms with Crippen LogP contribution in [0.2, 0.25) is 5.02 Å². The molecule has 7 heteroatoms. The van der Waals surface area contributed by atoms with Crippen molar-refractivity contribution in [1.82, 2.24) is 5.32 Å². The molecule has 0 heterocycles. The number of hydrogen-bond acceptors (Lipinski definition) is 3. The molecule has 0 unspecified atom stereocenters. The molecule has 4 aromatic carbocycles. The smallest absolute Gasteiger partial charge is 0.264 e.